The van der Waals surface area contributed by atoms with Crippen molar-refractivity contribution in [2.24, 2.45) is 17.6 Å². The molecule has 5 heteroatoms. The Morgan fingerprint density at radius 3 is 2.44 bits per heavy atom. The van der Waals surface area contributed by atoms with Crippen LogP contribution in [-0.4, -0.2) is 37.1 Å². The summed E-state index contributed by atoms with van der Waals surface area (Å²) in [6, 6.07) is 0.132. The van der Waals surface area contributed by atoms with Gasteiger partial charge in [0.05, 0.1) is 5.75 Å². The lowest BCUT2D eigenvalue weighted by Gasteiger charge is -2.28. The van der Waals surface area contributed by atoms with Gasteiger partial charge in [0.25, 0.3) is 0 Å². The van der Waals surface area contributed by atoms with E-state index in [1.54, 1.807) is 4.31 Å². The van der Waals surface area contributed by atoms with E-state index in [0.29, 0.717) is 11.8 Å². The summed E-state index contributed by atoms with van der Waals surface area (Å²) >= 11 is 0. The number of sulfonamides is 1. The molecule has 0 aromatic rings. The van der Waals surface area contributed by atoms with Crippen molar-refractivity contribution in [2.45, 2.75) is 57.0 Å². The van der Waals surface area contributed by atoms with E-state index >= 15 is 0 Å². The third-order valence-corrected chi connectivity index (χ3v) is 7.09. The first-order chi connectivity index (χ1) is 8.56. The van der Waals surface area contributed by atoms with Crippen LogP contribution in [0.2, 0.25) is 0 Å². The zero-order valence-electron chi connectivity index (χ0n) is 10.9. The molecule has 1 heterocycles. The van der Waals surface area contributed by atoms with E-state index < -0.39 is 10.0 Å². The van der Waals surface area contributed by atoms with Crippen molar-refractivity contribution in [1.82, 2.24) is 4.31 Å². The molecular formula is C13H24N2O2S. The lowest BCUT2D eigenvalue weighted by Crippen LogP contribution is -2.45. The predicted octanol–water partition coefficient (Wildman–Crippen LogP) is 1.32. The van der Waals surface area contributed by atoms with E-state index in [1.807, 2.05) is 0 Å². The number of hydrogen-bond acceptors (Lipinski definition) is 3. The van der Waals surface area contributed by atoms with Gasteiger partial charge in [-0.05, 0) is 43.9 Å². The van der Waals surface area contributed by atoms with E-state index in [9.17, 15) is 8.42 Å². The van der Waals surface area contributed by atoms with Crippen molar-refractivity contribution >= 4 is 10.0 Å². The molecule has 2 saturated carbocycles. The second-order valence-electron chi connectivity index (χ2n) is 6.39. The van der Waals surface area contributed by atoms with Crippen molar-refractivity contribution in [3.63, 3.8) is 0 Å². The Labute approximate surface area is 110 Å². The molecule has 2 N–H and O–H groups in total. The van der Waals surface area contributed by atoms with Gasteiger partial charge in [0.15, 0.2) is 0 Å². The summed E-state index contributed by atoms with van der Waals surface area (Å²) in [5.74, 6) is 1.22. The lowest BCUT2D eigenvalue weighted by atomic mass is 10.0. The van der Waals surface area contributed by atoms with Gasteiger partial charge in [0.1, 0.15) is 0 Å². The van der Waals surface area contributed by atoms with Gasteiger partial charge in [-0.3, -0.25) is 0 Å². The summed E-state index contributed by atoms with van der Waals surface area (Å²) in [5.41, 5.74) is 6.12. The van der Waals surface area contributed by atoms with Crippen molar-refractivity contribution in [2.75, 3.05) is 12.3 Å². The molecule has 0 aromatic heterocycles. The van der Waals surface area contributed by atoms with E-state index in [0.717, 1.165) is 32.2 Å². The maximum absolute atomic E-state index is 12.4. The first kappa shape index (κ1) is 12.9. The summed E-state index contributed by atoms with van der Waals surface area (Å²) in [6.07, 6.45) is 8.01. The molecule has 0 aromatic carbocycles. The highest BCUT2D eigenvalue weighted by Crippen LogP contribution is 2.39. The zero-order valence-corrected chi connectivity index (χ0v) is 11.7. The predicted molar refractivity (Wildman–Crippen MR) is 71.6 cm³/mol. The minimum Gasteiger partial charge on any atom is -0.326 e. The largest absolute Gasteiger partial charge is 0.326 e. The van der Waals surface area contributed by atoms with Gasteiger partial charge >= 0.3 is 0 Å². The second-order valence-corrected chi connectivity index (χ2v) is 8.36. The van der Waals surface area contributed by atoms with Crippen LogP contribution in [0.4, 0.5) is 0 Å². The van der Waals surface area contributed by atoms with Gasteiger partial charge in [0.2, 0.25) is 10.0 Å². The molecule has 3 aliphatic rings. The highest BCUT2D eigenvalue weighted by molar-refractivity contribution is 7.89. The Bertz CT molecular complexity index is 403. The first-order valence-corrected chi connectivity index (χ1v) is 8.92. The third-order valence-electron chi connectivity index (χ3n) is 5.12. The van der Waals surface area contributed by atoms with Crippen molar-refractivity contribution < 1.29 is 8.42 Å². The van der Waals surface area contributed by atoms with Crippen molar-refractivity contribution in [3.8, 4) is 0 Å². The molecule has 4 nitrogen and oxygen atoms in total. The molecule has 3 rings (SSSR count). The fourth-order valence-corrected chi connectivity index (χ4v) is 6.11. The van der Waals surface area contributed by atoms with Crippen LogP contribution in [0.25, 0.3) is 0 Å². The zero-order chi connectivity index (χ0) is 12.8. The monoisotopic (exact) mass is 272 g/mol. The summed E-state index contributed by atoms with van der Waals surface area (Å²) in [7, 11) is -3.12. The summed E-state index contributed by atoms with van der Waals surface area (Å²) in [4.78, 5) is 0. The van der Waals surface area contributed by atoms with Crippen molar-refractivity contribution in [1.29, 1.82) is 0 Å². The van der Waals surface area contributed by atoms with Gasteiger partial charge in [-0.15, -0.1) is 0 Å². The smallest absolute Gasteiger partial charge is 0.215 e. The molecule has 2 bridgehead atoms. The van der Waals surface area contributed by atoms with E-state index in [2.05, 4.69) is 0 Å². The topological polar surface area (TPSA) is 63.4 Å². The van der Waals surface area contributed by atoms with Crippen LogP contribution in [-0.2, 0) is 10.0 Å². The molecule has 0 amide bonds. The van der Waals surface area contributed by atoms with E-state index in [-0.39, 0.29) is 17.8 Å². The quantitative estimate of drug-likeness (QED) is 0.839. The van der Waals surface area contributed by atoms with E-state index in [4.69, 9.17) is 5.73 Å². The van der Waals surface area contributed by atoms with Crippen LogP contribution in [0.3, 0.4) is 0 Å². The number of nitrogens with zero attached hydrogens (tertiary/aromatic N) is 1. The van der Waals surface area contributed by atoms with Gasteiger partial charge in [-0.25, -0.2) is 8.42 Å². The minimum atomic E-state index is -3.12. The van der Waals surface area contributed by atoms with Gasteiger partial charge in [0, 0.05) is 18.6 Å². The Kier molecular flexibility index (Phi) is 3.41. The van der Waals surface area contributed by atoms with Crippen LogP contribution in [0, 0.1) is 11.8 Å². The van der Waals surface area contributed by atoms with Crippen LogP contribution < -0.4 is 5.73 Å². The van der Waals surface area contributed by atoms with E-state index in [1.165, 1.54) is 19.3 Å². The number of piperidine rings is 1. The van der Waals surface area contributed by atoms with Crippen molar-refractivity contribution in [3.05, 3.63) is 0 Å². The third kappa shape index (κ3) is 2.32. The van der Waals surface area contributed by atoms with Gasteiger partial charge in [-0.2, -0.15) is 4.31 Å². The molecule has 3 unspecified atom stereocenters. The molecule has 1 saturated heterocycles. The standard InChI is InChI=1S/C13H24N2O2S/c14-13(11-3-1-2-4-11)9-18(16,17)15-8-10-5-6-12(15)7-10/h10-13H,1-9,14H2. The Balaban J connectivity index is 1.63. The van der Waals surface area contributed by atoms with Crippen LogP contribution >= 0.6 is 0 Å². The highest BCUT2D eigenvalue weighted by Gasteiger charge is 2.44. The molecule has 2 aliphatic carbocycles. The minimum absolute atomic E-state index is 0.156. The molecular weight excluding hydrogens is 248 g/mol. The molecule has 104 valence electrons. The number of fused-ring (bicyclic) bond motifs is 2. The number of hydrogen-bond donors (Lipinski definition) is 1. The average molecular weight is 272 g/mol. The van der Waals surface area contributed by atoms with Crippen LogP contribution in [0.5, 0.6) is 0 Å². The Morgan fingerprint density at radius 1 is 1.17 bits per heavy atom. The molecule has 3 atom stereocenters. The maximum atomic E-state index is 12.4. The fourth-order valence-electron chi connectivity index (χ4n) is 4.08. The number of rotatable bonds is 4. The van der Waals surface area contributed by atoms with Crippen LogP contribution in [0.15, 0.2) is 0 Å². The normalized spacial score (nSPS) is 35.4. The average Bonchev–Trinajstić information content (AvgIpc) is 3.05. The Morgan fingerprint density at radius 2 is 1.89 bits per heavy atom. The molecule has 0 radical (unpaired) electrons. The van der Waals surface area contributed by atoms with Gasteiger partial charge in [-0.1, -0.05) is 12.8 Å². The first-order valence-electron chi connectivity index (χ1n) is 7.31. The molecule has 0 spiro atoms. The molecule has 18 heavy (non-hydrogen) atoms. The fraction of sp³-hybridized carbons (Fsp3) is 1.00. The van der Waals surface area contributed by atoms with Crippen LogP contribution in [0.1, 0.15) is 44.9 Å². The maximum Gasteiger partial charge on any atom is 0.215 e. The van der Waals surface area contributed by atoms with Gasteiger partial charge < -0.3 is 5.73 Å². The summed E-state index contributed by atoms with van der Waals surface area (Å²) < 4.78 is 26.6. The Hall–Kier alpha value is -0.130. The lowest BCUT2D eigenvalue weighted by molar-refractivity contribution is 0.329. The molecule has 3 fully saturated rings. The highest BCUT2D eigenvalue weighted by atomic mass is 32.2. The second kappa shape index (κ2) is 4.76. The number of nitrogens with two attached hydrogens (primary N) is 1. The SMILES string of the molecule is NC(CS(=O)(=O)N1CC2CCC1C2)C1CCCC1. The summed E-state index contributed by atoms with van der Waals surface area (Å²) in [5, 5.41) is 0. The summed E-state index contributed by atoms with van der Waals surface area (Å²) in [6.45, 7) is 0.754. The molecule has 1 aliphatic heterocycles.